The van der Waals surface area contributed by atoms with Gasteiger partial charge in [0.2, 0.25) is 0 Å². The minimum atomic E-state index is -3.70. The van der Waals surface area contributed by atoms with Crippen molar-refractivity contribution in [3.63, 3.8) is 0 Å². The van der Waals surface area contributed by atoms with Gasteiger partial charge in [-0.2, -0.15) is 0 Å². The smallest absolute Gasteiger partial charge is 0.265 e. The van der Waals surface area contributed by atoms with Gasteiger partial charge in [0.15, 0.2) is 0 Å². The van der Waals surface area contributed by atoms with E-state index >= 15 is 0 Å². The molecule has 0 saturated heterocycles. The number of ether oxygens (including phenoxy) is 1. The fraction of sp³-hybridized carbons (Fsp3) is 0.300. The maximum atomic E-state index is 13.2. The van der Waals surface area contributed by atoms with Crippen molar-refractivity contribution in [3.8, 4) is 17.2 Å². The highest BCUT2D eigenvalue weighted by atomic mass is 32.2. The summed E-state index contributed by atoms with van der Waals surface area (Å²) >= 11 is 0. The number of aryl methyl sites for hydroxylation is 1. The third kappa shape index (κ3) is 5.13. The number of benzene rings is 2. The highest BCUT2D eigenvalue weighted by Crippen LogP contribution is 2.25. The van der Waals surface area contributed by atoms with Crippen LogP contribution >= 0.6 is 0 Å². The van der Waals surface area contributed by atoms with Gasteiger partial charge in [-0.05, 0) is 43.3 Å². The van der Waals surface area contributed by atoms with Crippen molar-refractivity contribution in [1.29, 1.82) is 0 Å². The van der Waals surface area contributed by atoms with Gasteiger partial charge in [0.05, 0.1) is 24.2 Å². The zero-order valence-corrected chi connectivity index (χ0v) is 17.7. The van der Waals surface area contributed by atoms with E-state index in [0.717, 1.165) is 5.56 Å². The molecule has 2 aromatic rings. The second kappa shape index (κ2) is 7.98. The molecular weight excluding hydrogens is 362 g/mol. The lowest BCUT2D eigenvalue weighted by Gasteiger charge is -2.23. The highest BCUT2D eigenvalue weighted by molar-refractivity contribution is 7.92. The summed E-state index contributed by atoms with van der Waals surface area (Å²) in [6.07, 6.45) is 0. The van der Waals surface area contributed by atoms with E-state index in [0.29, 0.717) is 11.4 Å². The maximum Gasteiger partial charge on any atom is 0.265 e. The average Bonchev–Trinajstić information content (AvgIpc) is 2.58. The number of nitrogens with zero attached hydrogens (tertiary/aromatic N) is 1. The van der Waals surface area contributed by atoms with Gasteiger partial charge in [-0.15, -0.1) is 5.54 Å². The number of sulfonamides is 1. The van der Waals surface area contributed by atoms with Gasteiger partial charge < -0.3 is 4.74 Å². The van der Waals surface area contributed by atoms with Crippen LogP contribution in [0.3, 0.4) is 0 Å². The molecule has 0 aliphatic heterocycles. The molecule has 0 heterocycles. The largest absolute Gasteiger partial charge is 0.497 e. The topological polar surface area (TPSA) is 46.6 Å². The zero-order valence-electron chi connectivity index (χ0n) is 15.9. The van der Waals surface area contributed by atoms with Crippen molar-refractivity contribution in [3.05, 3.63) is 54.1 Å². The van der Waals surface area contributed by atoms with Crippen molar-refractivity contribution < 1.29 is 13.2 Å². The molecule has 138 valence electrons. The predicted octanol–water partition coefficient (Wildman–Crippen LogP) is 4.08. The predicted molar refractivity (Wildman–Crippen MR) is 110 cm³/mol. The minimum absolute atomic E-state index is 0.118. The van der Waals surface area contributed by atoms with Crippen LogP contribution in [0.4, 0.5) is 5.69 Å². The van der Waals surface area contributed by atoms with Crippen molar-refractivity contribution in [2.45, 2.75) is 31.5 Å². The first-order valence-electron chi connectivity index (χ1n) is 8.37. The van der Waals surface area contributed by atoms with Crippen LogP contribution < -0.4 is 9.04 Å². The monoisotopic (exact) mass is 387 g/mol. The molecule has 0 N–H and O–H groups in total. The highest BCUT2D eigenvalue weighted by Gasteiger charge is 2.24. The molecule has 0 atom stereocenters. The second-order valence-electron chi connectivity index (χ2n) is 7.07. The summed E-state index contributed by atoms with van der Waals surface area (Å²) in [5.41, 5.74) is 4.81. The van der Waals surface area contributed by atoms with Crippen molar-refractivity contribution >= 4 is 23.8 Å². The number of anilines is 1. The summed E-state index contributed by atoms with van der Waals surface area (Å²) < 4.78 is 32.9. The van der Waals surface area contributed by atoms with Gasteiger partial charge in [-0.25, -0.2) is 8.42 Å². The van der Waals surface area contributed by atoms with E-state index in [-0.39, 0.29) is 11.4 Å². The van der Waals surface area contributed by atoms with Gasteiger partial charge in [0.25, 0.3) is 10.0 Å². The first-order valence-corrected chi connectivity index (χ1v) is 13.3. The van der Waals surface area contributed by atoms with Crippen LogP contribution in [-0.4, -0.2) is 30.1 Å². The van der Waals surface area contributed by atoms with Crippen LogP contribution in [0.1, 0.15) is 5.56 Å². The van der Waals surface area contributed by atoms with E-state index in [9.17, 15) is 8.42 Å². The van der Waals surface area contributed by atoms with Crippen molar-refractivity contribution in [2.24, 2.45) is 0 Å². The molecule has 0 aliphatic rings. The fourth-order valence-corrected chi connectivity index (χ4v) is 4.26. The van der Waals surface area contributed by atoms with E-state index in [4.69, 9.17) is 4.74 Å². The second-order valence-corrected chi connectivity index (χ2v) is 13.7. The molecule has 0 aromatic heterocycles. The molecule has 0 bridgehead atoms. The fourth-order valence-electron chi connectivity index (χ4n) is 2.28. The Morgan fingerprint density at radius 2 is 1.58 bits per heavy atom. The molecule has 6 heteroatoms. The molecular formula is C20H25NO3SSi. The Labute approximate surface area is 157 Å². The third-order valence-electron chi connectivity index (χ3n) is 3.66. The van der Waals surface area contributed by atoms with Crippen LogP contribution in [0.5, 0.6) is 5.75 Å². The van der Waals surface area contributed by atoms with Gasteiger partial charge in [0.1, 0.15) is 13.8 Å². The number of rotatable bonds is 5. The van der Waals surface area contributed by atoms with Gasteiger partial charge in [0, 0.05) is 0 Å². The van der Waals surface area contributed by atoms with Gasteiger partial charge in [-0.3, -0.25) is 4.31 Å². The van der Waals surface area contributed by atoms with E-state index < -0.39 is 18.1 Å². The molecule has 2 aromatic carbocycles. The molecule has 0 saturated carbocycles. The standard InChI is InChI=1S/C20H25NO3SSi/c1-17-7-13-20(14-8-17)25(22,23)21(15-6-16-26(3,4)5)18-9-11-19(24-2)12-10-18/h7-14H,15H2,1-5H3. The molecule has 0 aliphatic carbocycles. The van der Waals surface area contributed by atoms with E-state index in [1.807, 2.05) is 6.92 Å². The van der Waals surface area contributed by atoms with Gasteiger partial charge >= 0.3 is 0 Å². The summed E-state index contributed by atoms with van der Waals surface area (Å²) in [6, 6.07) is 13.8. The molecule has 0 unspecified atom stereocenters. The quantitative estimate of drug-likeness (QED) is 0.574. The normalized spacial score (nSPS) is 11.4. The SMILES string of the molecule is COc1ccc(N(CC#C[Si](C)(C)C)S(=O)(=O)c2ccc(C)cc2)cc1. The Bertz CT molecular complexity index is 903. The summed E-state index contributed by atoms with van der Waals surface area (Å²) in [5.74, 6) is 3.74. The Balaban J connectivity index is 2.47. The lowest BCUT2D eigenvalue weighted by atomic mass is 10.2. The van der Waals surface area contributed by atoms with E-state index in [1.54, 1.807) is 55.6 Å². The van der Waals surface area contributed by atoms with Crippen molar-refractivity contribution in [1.82, 2.24) is 0 Å². The summed E-state index contributed by atoms with van der Waals surface area (Å²) in [6.45, 7) is 8.44. The van der Waals surface area contributed by atoms with E-state index in [2.05, 4.69) is 31.1 Å². The molecule has 0 fully saturated rings. The first-order chi connectivity index (χ1) is 12.1. The van der Waals surface area contributed by atoms with Crippen molar-refractivity contribution in [2.75, 3.05) is 18.0 Å². The Hall–Kier alpha value is -2.23. The maximum absolute atomic E-state index is 13.2. The van der Waals surface area contributed by atoms with E-state index in [1.165, 1.54) is 4.31 Å². The first kappa shape index (κ1) is 20.1. The summed E-state index contributed by atoms with van der Waals surface area (Å²) in [5, 5.41) is 0. The number of methoxy groups -OCH3 is 1. The number of hydrogen-bond donors (Lipinski definition) is 0. The molecule has 2 rings (SSSR count). The van der Waals surface area contributed by atoms with Crippen LogP contribution in [0.15, 0.2) is 53.4 Å². The zero-order chi connectivity index (χ0) is 19.4. The van der Waals surface area contributed by atoms with Gasteiger partial charge in [-0.1, -0.05) is 43.3 Å². The Morgan fingerprint density at radius 3 is 2.08 bits per heavy atom. The third-order valence-corrected chi connectivity index (χ3v) is 6.37. The lowest BCUT2D eigenvalue weighted by Crippen LogP contribution is -2.32. The molecule has 0 amide bonds. The Morgan fingerprint density at radius 1 is 1.00 bits per heavy atom. The molecule has 0 radical (unpaired) electrons. The average molecular weight is 388 g/mol. The minimum Gasteiger partial charge on any atom is -0.497 e. The Kier molecular flexibility index (Phi) is 6.16. The molecule has 4 nitrogen and oxygen atoms in total. The molecule has 0 spiro atoms. The summed E-state index contributed by atoms with van der Waals surface area (Å²) in [7, 11) is -3.71. The van der Waals surface area contributed by atoms with Crippen LogP contribution in [0.2, 0.25) is 19.6 Å². The van der Waals surface area contributed by atoms with Crippen LogP contribution in [0.25, 0.3) is 0 Å². The lowest BCUT2D eigenvalue weighted by molar-refractivity contribution is 0.415. The van der Waals surface area contributed by atoms with Crippen LogP contribution in [0, 0.1) is 18.4 Å². The summed E-state index contributed by atoms with van der Waals surface area (Å²) in [4.78, 5) is 0.258. The molecule has 26 heavy (non-hydrogen) atoms. The number of hydrogen-bond acceptors (Lipinski definition) is 3. The van der Waals surface area contributed by atoms with Crippen LogP contribution in [-0.2, 0) is 10.0 Å².